The van der Waals surface area contributed by atoms with Crippen molar-refractivity contribution in [3.63, 3.8) is 0 Å². The zero-order valence-electron chi connectivity index (χ0n) is 10.1. The van der Waals surface area contributed by atoms with Crippen molar-refractivity contribution in [1.82, 2.24) is 9.55 Å². The average Bonchev–Trinajstić information content (AvgIpc) is 2.99. The highest BCUT2D eigenvalue weighted by molar-refractivity contribution is 7.84. The third kappa shape index (κ3) is 2.64. The van der Waals surface area contributed by atoms with Crippen molar-refractivity contribution in [1.29, 1.82) is 0 Å². The van der Waals surface area contributed by atoms with E-state index < -0.39 is 10.8 Å². The highest BCUT2D eigenvalue weighted by atomic mass is 32.2. The van der Waals surface area contributed by atoms with Crippen molar-refractivity contribution in [2.45, 2.75) is 38.0 Å². The maximum absolute atomic E-state index is 11.2. The largest absolute Gasteiger partial charge is 0.354 e. The molecule has 90 valence electrons. The van der Waals surface area contributed by atoms with E-state index in [0.717, 1.165) is 11.6 Å². The zero-order chi connectivity index (χ0) is 11.7. The summed E-state index contributed by atoms with van der Waals surface area (Å²) >= 11 is 0. The Bertz CT molecular complexity index is 398. The van der Waals surface area contributed by atoms with Crippen LogP contribution in [-0.4, -0.2) is 31.8 Å². The first-order valence-electron chi connectivity index (χ1n) is 5.69. The Morgan fingerprint density at radius 1 is 1.69 bits per heavy atom. The third-order valence-corrected chi connectivity index (χ3v) is 4.21. The fraction of sp³-hybridized carbons (Fsp3) is 0.727. The van der Waals surface area contributed by atoms with E-state index in [-0.39, 0.29) is 5.25 Å². The number of imidazole rings is 1. The minimum Gasteiger partial charge on any atom is -0.354 e. The molecule has 16 heavy (non-hydrogen) atoms. The van der Waals surface area contributed by atoms with Gasteiger partial charge in [-0.15, -0.1) is 0 Å². The number of hydrogen-bond acceptors (Lipinski definition) is 3. The van der Waals surface area contributed by atoms with Crippen LogP contribution in [0.3, 0.4) is 0 Å². The Balaban J connectivity index is 2.00. The normalized spacial score (nSPS) is 19.4. The first kappa shape index (κ1) is 11.6. The fourth-order valence-electron chi connectivity index (χ4n) is 1.63. The molecule has 1 aromatic rings. The van der Waals surface area contributed by atoms with Crippen molar-refractivity contribution >= 4 is 16.7 Å². The van der Waals surface area contributed by atoms with Crippen molar-refractivity contribution in [3.05, 3.63) is 11.9 Å². The van der Waals surface area contributed by atoms with Crippen LogP contribution in [0.5, 0.6) is 0 Å². The molecule has 0 aliphatic heterocycles. The number of nitrogens with one attached hydrogen (secondary N) is 1. The van der Waals surface area contributed by atoms with Gasteiger partial charge in [0, 0.05) is 41.1 Å². The molecule has 0 aromatic carbocycles. The van der Waals surface area contributed by atoms with Gasteiger partial charge in [-0.2, -0.15) is 0 Å². The van der Waals surface area contributed by atoms with Gasteiger partial charge < -0.3 is 9.88 Å². The molecule has 1 aliphatic rings. The molecular formula is C11H19N3OS. The van der Waals surface area contributed by atoms with Gasteiger partial charge in [0.2, 0.25) is 5.95 Å². The molecule has 2 unspecified atom stereocenters. The van der Waals surface area contributed by atoms with E-state index in [2.05, 4.69) is 21.1 Å². The van der Waals surface area contributed by atoms with Gasteiger partial charge >= 0.3 is 0 Å². The van der Waals surface area contributed by atoms with E-state index in [1.807, 2.05) is 13.8 Å². The number of aromatic nitrogens is 2. The van der Waals surface area contributed by atoms with Crippen LogP contribution >= 0.6 is 0 Å². The molecule has 1 saturated carbocycles. The van der Waals surface area contributed by atoms with Crippen LogP contribution < -0.4 is 5.32 Å². The van der Waals surface area contributed by atoms with Crippen molar-refractivity contribution in [3.8, 4) is 0 Å². The van der Waals surface area contributed by atoms with Crippen LogP contribution in [0.1, 0.15) is 31.5 Å². The molecule has 2 rings (SSSR count). The van der Waals surface area contributed by atoms with E-state index in [4.69, 9.17) is 0 Å². The summed E-state index contributed by atoms with van der Waals surface area (Å²) in [5.74, 6) is 0.928. The van der Waals surface area contributed by atoms with E-state index in [0.29, 0.717) is 12.6 Å². The van der Waals surface area contributed by atoms with Crippen LogP contribution in [-0.2, 0) is 10.8 Å². The molecule has 2 atom stereocenters. The van der Waals surface area contributed by atoms with Gasteiger partial charge in [-0.05, 0) is 26.7 Å². The Morgan fingerprint density at radius 3 is 2.94 bits per heavy atom. The first-order valence-corrected chi connectivity index (χ1v) is 7.31. The van der Waals surface area contributed by atoms with E-state index in [1.54, 1.807) is 6.26 Å². The number of nitrogens with zero attached hydrogens (tertiary/aromatic N) is 2. The molecule has 0 amide bonds. The van der Waals surface area contributed by atoms with Crippen molar-refractivity contribution < 1.29 is 4.21 Å². The second-order valence-corrected chi connectivity index (χ2v) is 6.34. The van der Waals surface area contributed by atoms with E-state index in [1.165, 1.54) is 12.8 Å². The quantitative estimate of drug-likeness (QED) is 0.853. The second kappa shape index (κ2) is 4.57. The SMILES string of the molecule is Cc1cn(C2CC2)c(NCC(C)S(C)=O)n1. The van der Waals surface area contributed by atoms with E-state index >= 15 is 0 Å². The van der Waals surface area contributed by atoms with Gasteiger partial charge in [0.15, 0.2) is 0 Å². The van der Waals surface area contributed by atoms with Gasteiger partial charge in [0.25, 0.3) is 0 Å². The average molecular weight is 241 g/mol. The molecule has 0 radical (unpaired) electrons. The van der Waals surface area contributed by atoms with Gasteiger partial charge in [-0.1, -0.05) is 0 Å². The Morgan fingerprint density at radius 2 is 2.38 bits per heavy atom. The summed E-state index contributed by atoms with van der Waals surface area (Å²) in [6.45, 7) is 4.71. The van der Waals surface area contributed by atoms with Crippen LogP contribution in [0.2, 0.25) is 0 Å². The molecule has 4 nitrogen and oxygen atoms in total. The summed E-state index contributed by atoms with van der Waals surface area (Å²) in [4.78, 5) is 4.46. The molecule has 1 fully saturated rings. The molecule has 1 heterocycles. The third-order valence-electron chi connectivity index (χ3n) is 2.91. The van der Waals surface area contributed by atoms with Gasteiger partial charge in [0.05, 0.1) is 5.69 Å². The minimum atomic E-state index is -0.778. The number of rotatable bonds is 5. The molecule has 1 aliphatic carbocycles. The first-order chi connectivity index (χ1) is 7.58. The lowest BCUT2D eigenvalue weighted by Crippen LogP contribution is -2.22. The topological polar surface area (TPSA) is 46.9 Å². The lowest BCUT2D eigenvalue weighted by molar-refractivity contribution is 0.677. The lowest BCUT2D eigenvalue weighted by Gasteiger charge is -2.11. The van der Waals surface area contributed by atoms with Crippen LogP contribution in [0, 0.1) is 6.92 Å². The second-order valence-electron chi connectivity index (χ2n) is 4.53. The fourth-order valence-corrected chi connectivity index (χ4v) is 1.95. The van der Waals surface area contributed by atoms with Crippen LogP contribution in [0.25, 0.3) is 0 Å². The van der Waals surface area contributed by atoms with Crippen molar-refractivity contribution in [2.24, 2.45) is 0 Å². The summed E-state index contributed by atoms with van der Waals surface area (Å²) in [5.41, 5.74) is 1.04. The number of aryl methyl sites for hydroxylation is 1. The molecule has 0 saturated heterocycles. The summed E-state index contributed by atoms with van der Waals surface area (Å²) in [6.07, 6.45) is 6.33. The van der Waals surface area contributed by atoms with Crippen LogP contribution in [0.15, 0.2) is 6.20 Å². The smallest absolute Gasteiger partial charge is 0.203 e. The maximum Gasteiger partial charge on any atom is 0.203 e. The molecule has 0 bridgehead atoms. The Labute approximate surface area is 98.9 Å². The molecule has 1 aromatic heterocycles. The minimum absolute atomic E-state index is 0.157. The number of anilines is 1. The molecule has 1 N–H and O–H groups in total. The maximum atomic E-state index is 11.2. The monoisotopic (exact) mass is 241 g/mol. The van der Waals surface area contributed by atoms with E-state index in [9.17, 15) is 4.21 Å². The summed E-state index contributed by atoms with van der Waals surface area (Å²) in [5, 5.41) is 3.45. The Kier molecular flexibility index (Phi) is 3.33. The van der Waals surface area contributed by atoms with Gasteiger partial charge in [0.1, 0.15) is 0 Å². The summed E-state index contributed by atoms with van der Waals surface area (Å²) in [6, 6.07) is 0.631. The predicted molar refractivity (Wildman–Crippen MR) is 67.3 cm³/mol. The van der Waals surface area contributed by atoms with Gasteiger partial charge in [-0.3, -0.25) is 4.21 Å². The summed E-state index contributed by atoms with van der Waals surface area (Å²) in [7, 11) is -0.778. The molecule has 0 spiro atoms. The lowest BCUT2D eigenvalue weighted by atomic mass is 10.5. The molecule has 5 heteroatoms. The predicted octanol–water partition coefficient (Wildman–Crippen LogP) is 1.71. The standard InChI is InChI=1S/C11H19N3OS/c1-8-7-14(10-4-5-10)11(13-8)12-6-9(2)16(3)15/h7,9-10H,4-6H2,1-3H3,(H,12,13). The Hall–Kier alpha value is -0.840. The zero-order valence-corrected chi connectivity index (χ0v) is 10.9. The highest BCUT2D eigenvalue weighted by Gasteiger charge is 2.26. The van der Waals surface area contributed by atoms with Gasteiger partial charge in [-0.25, -0.2) is 4.98 Å². The molecular weight excluding hydrogens is 222 g/mol. The summed E-state index contributed by atoms with van der Waals surface area (Å²) < 4.78 is 13.5. The van der Waals surface area contributed by atoms with Crippen LogP contribution in [0.4, 0.5) is 5.95 Å². The number of hydrogen-bond donors (Lipinski definition) is 1. The van der Waals surface area contributed by atoms with Crippen molar-refractivity contribution in [2.75, 3.05) is 18.1 Å². The highest BCUT2D eigenvalue weighted by Crippen LogP contribution is 2.37.